The van der Waals surface area contributed by atoms with Gasteiger partial charge >= 0.3 is 0 Å². The van der Waals surface area contributed by atoms with E-state index in [-0.39, 0.29) is 5.91 Å². The van der Waals surface area contributed by atoms with Gasteiger partial charge in [-0.15, -0.1) is 0 Å². The smallest absolute Gasteiger partial charge is 0.224 e. The lowest BCUT2D eigenvalue weighted by Gasteiger charge is -2.27. The van der Waals surface area contributed by atoms with Gasteiger partial charge in [-0.3, -0.25) is 4.79 Å². The van der Waals surface area contributed by atoms with Gasteiger partial charge in [-0.25, -0.2) is 0 Å². The Kier molecular flexibility index (Phi) is 6.07. The maximum absolute atomic E-state index is 11.9. The molecule has 1 amide bonds. The Balaban J connectivity index is 1.55. The van der Waals surface area contributed by atoms with Crippen LogP contribution in [0.15, 0.2) is 0 Å². The second kappa shape index (κ2) is 7.82. The van der Waals surface area contributed by atoms with Crippen LogP contribution in [0.25, 0.3) is 0 Å². The first kappa shape index (κ1) is 14.8. The first-order chi connectivity index (χ1) is 9.25. The molecule has 2 unspecified atom stereocenters. The average Bonchev–Trinajstić information content (AvgIpc) is 2.92. The third-order valence-corrected chi connectivity index (χ3v) is 4.00. The summed E-state index contributed by atoms with van der Waals surface area (Å²) in [6.45, 7) is 7.02. The van der Waals surface area contributed by atoms with Crippen LogP contribution in [-0.4, -0.2) is 62.3 Å². The fourth-order valence-electron chi connectivity index (χ4n) is 2.86. The van der Waals surface area contributed by atoms with Crippen molar-refractivity contribution < 1.29 is 9.53 Å². The Morgan fingerprint density at radius 2 is 2.26 bits per heavy atom. The molecule has 0 aromatic heterocycles. The zero-order valence-electron chi connectivity index (χ0n) is 12.0. The lowest BCUT2D eigenvalue weighted by Crippen LogP contribution is -2.42. The standard InChI is InChI=1S/C14H27N3O2/c1-12(11-13-3-2-5-16-13)15-6-4-14(18)17-7-9-19-10-8-17/h12-13,15-16H,2-11H2,1H3. The van der Waals surface area contributed by atoms with E-state index in [0.717, 1.165) is 32.6 Å². The van der Waals surface area contributed by atoms with Crippen LogP contribution < -0.4 is 10.6 Å². The van der Waals surface area contributed by atoms with Gasteiger partial charge in [0.05, 0.1) is 13.2 Å². The van der Waals surface area contributed by atoms with Crippen molar-refractivity contribution in [3.63, 3.8) is 0 Å². The number of hydrogen-bond acceptors (Lipinski definition) is 4. The highest BCUT2D eigenvalue weighted by atomic mass is 16.5. The van der Waals surface area contributed by atoms with Gasteiger partial charge in [-0.2, -0.15) is 0 Å². The molecule has 5 nitrogen and oxygen atoms in total. The summed E-state index contributed by atoms with van der Waals surface area (Å²) in [5.74, 6) is 0.252. The van der Waals surface area contributed by atoms with Crippen molar-refractivity contribution in [1.82, 2.24) is 15.5 Å². The first-order valence-electron chi connectivity index (χ1n) is 7.58. The minimum Gasteiger partial charge on any atom is -0.378 e. The molecule has 0 spiro atoms. The minimum absolute atomic E-state index is 0.252. The third-order valence-electron chi connectivity index (χ3n) is 4.00. The highest BCUT2D eigenvalue weighted by molar-refractivity contribution is 5.76. The van der Waals surface area contributed by atoms with Crippen LogP contribution in [0, 0.1) is 0 Å². The number of morpholine rings is 1. The predicted molar refractivity (Wildman–Crippen MR) is 75.1 cm³/mol. The van der Waals surface area contributed by atoms with Crippen LogP contribution >= 0.6 is 0 Å². The van der Waals surface area contributed by atoms with Crippen molar-refractivity contribution in [3.05, 3.63) is 0 Å². The van der Waals surface area contributed by atoms with E-state index < -0.39 is 0 Å². The average molecular weight is 269 g/mol. The third kappa shape index (κ3) is 5.09. The molecule has 0 radical (unpaired) electrons. The Hall–Kier alpha value is -0.650. The van der Waals surface area contributed by atoms with Crippen molar-refractivity contribution in [1.29, 1.82) is 0 Å². The second-order valence-corrected chi connectivity index (χ2v) is 5.63. The molecule has 2 rings (SSSR count). The summed E-state index contributed by atoms with van der Waals surface area (Å²) in [5, 5.41) is 6.97. The van der Waals surface area contributed by atoms with Crippen LogP contribution in [0.1, 0.15) is 32.6 Å². The van der Waals surface area contributed by atoms with Crippen molar-refractivity contribution in [2.45, 2.75) is 44.7 Å². The monoisotopic (exact) mass is 269 g/mol. The van der Waals surface area contributed by atoms with E-state index in [0.29, 0.717) is 31.7 Å². The maximum atomic E-state index is 11.9. The topological polar surface area (TPSA) is 53.6 Å². The molecule has 0 aliphatic carbocycles. The molecule has 2 fully saturated rings. The van der Waals surface area contributed by atoms with Crippen LogP contribution in [-0.2, 0) is 9.53 Å². The maximum Gasteiger partial charge on any atom is 0.224 e. The molecule has 0 aromatic carbocycles. The number of nitrogens with zero attached hydrogens (tertiary/aromatic N) is 1. The number of amides is 1. The number of ether oxygens (including phenoxy) is 1. The van der Waals surface area contributed by atoms with E-state index in [1.807, 2.05) is 4.90 Å². The van der Waals surface area contributed by atoms with Crippen LogP contribution in [0.3, 0.4) is 0 Å². The van der Waals surface area contributed by atoms with Gasteiger partial charge in [0.15, 0.2) is 0 Å². The van der Waals surface area contributed by atoms with Gasteiger partial charge in [0.1, 0.15) is 0 Å². The van der Waals surface area contributed by atoms with Crippen LogP contribution in [0.5, 0.6) is 0 Å². The van der Waals surface area contributed by atoms with Gasteiger partial charge in [-0.05, 0) is 32.7 Å². The molecule has 0 aromatic rings. The number of rotatable bonds is 6. The first-order valence-corrected chi connectivity index (χ1v) is 7.58. The molecule has 2 saturated heterocycles. The molecular formula is C14H27N3O2. The van der Waals surface area contributed by atoms with E-state index in [2.05, 4.69) is 17.6 Å². The van der Waals surface area contributed by atoms with Gasteiger partial charge in [0.2, 0.25) is 5.91 Å². The van der Waals surface area contributed by atoms with Crippen LogP contribution in [0.4, 0.5) is 0 Å². The van der Waals surface area contributed by atoms with E-state index in [1.165, 1.54) is 12.8 Å². The molecule has 2 aliphatic rings. The molecule has 2 N–H and O–H groups in total. The second-order valence-electron chi connectivity index (χ2n) is 5.63. The molecule has 2 aliphatic heterocycles. The Morgan fingerprint density at radius 3 is 2.95 bits per heavy atom. The summed E-state index contributed by atoms with van der Waals surface area (Å²) in [7, 11) is 0. The zero-order valence-corrected chi connectivity index (χ0v) is 12.0. The number of hydrogen-bond donors (Lipinski definition) is 2. The quantitative estimate of drug-likeness (QED) is 0.731. The Bertz CT molecular complexity index is 274. The zero-order chi connectivity index (χ0) is 13.5. The molecule has 110 valence electrons. The fourth-order valence-corrected chi connectivity index (χ4v) is 2.86. The molecule has 5 heteroatoms. The summed E-state index contributed by atoms with van der Waals surface area (Å²) in [6, 6.07) is 1.14. The van der Waals surface area contributed by atoms with Crippen LogP contribution in [0.2, 0.25) is 0 Å². The van der Waals surface area contributed by atoms with Gasteiger partial charge in [0.25, 0.3) is 0 Å². The van der Waals surface area contributed by atoms with Gasteiger partial charge in [-0.1, -0.05) is 0 Å². The highest BCUT2D eigenvalue weighted by Gasteiger charge is 2.18. The summed E-state index contributed by atoms with van der Waals surface area (Å²) in [5.41, 5.74) is 0. The largest absolute Gasteiger partial charge is 0.378 e. The fraction of sp³-hybridized carbons (Fsp3) is 0.929. The molecular weight excluding hydrogens is 242 g/mol. The summed E-state index contributed by atoms with van der Waals surface area (Å²) < 4.78 is 5.25. The highest BCUT2D eigenvalue weighted by Crippen LogP contribution is 2.10. The van der Waals surface area contributed by atoms with Crippen molar-refractivity contribution >= 4 is 5.91 Å². The molecule has 0 saturated carbocycles. The number of carbonyl (C=O) groups excluding carboxylic acids is 1. The summed E-state index contributed by atoms with van der Waals surface area (Å²) in [4.78, 5) is 13.9. The molecule has 19 heavy (non-hydrogen) atoms. The number of carbonyl (C=O) groups is 1. The number of nitrogens with one attached hydrogen (secondary N) is 2. The van der Waals surface area contributed by atoms with Gasteiger partial charge in [0, 0.05) is 38.1 Å². The normalized spacial score (nSPS) is 25.5. The minimum atomic E-state index is 0.252. The predicted octanol–water partition coefficient (Wildman–Crippen LogP) is 0.356. The summed E-state index contributed by atoms with van der Waals surface area (Å²) in [6.07, 6.45) is 4.35. The molecule has 0 bridgehead atoms. The van der Waals surface area contributed by atoms with Crippen molar-refractivity contribution in [3.8, 4) is 0 Å². The van der Waals surface area contributed by atoms with E-state index in [9.17, 15) is 4.79 Å². The molecule has 2 heterocycles. The molecule has 2 atom stereocenters. The SMILES string of the molecule is CC(CC1CCCN1)NCCC(=O)N1CCOCC1. The van der Waals surface area contributed by atoms with E-state index >= 15 is 0 Å². The summed E-state index contributed by atoms with van der Waals surface area (Å²) >= 11 is 0. The lowest BCUT2D eigenvalue weighted by molar-refractivity contribution is -0.135. The lowest BCUT2D eigenvalue weighted by atomic mass is 10.1. The Morgan fingerprint density at radius 1 is 1.47 bits per heavy atom. The van der Waals surface area contributed by atoms with Crippen molar-refractivity contribution in [2.24, 2.45) is 0 Å². The van der Waals surface area contributed by atoms with Crippen molar-refractivity contribution in [2.75, 3.05) is 39.4 Å². The van der Waals surface area contributed by atoms with E-state index in [4.69, 9.17) is 4.74 Å². The van der Waals surface area contributed by atoms with Gasteiger partial charge < -0.3 is 20.3 Å². The van der Waals surface area contributed by atoms with E-state index in [1.54, 1.807) is 0 Å². The Labute approximate surface area is 116 Å².